The highest BCUT2D eigenvalue weighted by Crippen LogP contribution is 2.39. The van der Waals surface area contributed by atoms with Gasteiger partial charge in [0, 0.05) is 43.1 Å². The molecule has 1 amide bonds. The number of amides is 1. The molecule has 9 heteroatoms. The van der Waals surface area contributed by atoms with Crippen LogP contribution in [0.5, 0.6) is 0 Å². The quantitative estimate of drug-likeness (QED) is 0.141. The Hall–Kier alpha value is -3.60. The first-order valence-corrected chi connectivity index (χ1v) is 15.8. The van der Waals surface area contributed by atoms with Gasteiger partial charge in [-0.3, -0.25) is 14.5 Å². The number of carboxylic acids is 1. The van der Waals surface area contributed by atoms with Gasteiger partial charge in [0.2, 0.25) is 5.91 Å². The number of anilines is 1. The number of unbranched alkanes of at least 4 members (excludes halogenated alkanes) is 3. The fourth-order valence-corrected chi connectivity index (χ4v) is 5.59. The van der Waals surface area contributed by atoms with Crippen molar-refractivity contribution in [1.82, 2.24) is 4.90 Å². The predicted octanol–water partition coefficient (Wildman–Crippen LogP) is 6.14. The minimum absolute atomic E-state index is 0.0319. The summed E-state index contributed by atoms with van der Waals surface area (Å²) in [6.07, 6.45) is 2.24. The van der Waals surface area contributed by atoms with E-state index in [-0.39, 0.29) is 37.2 Å². The Morgan fingerprint density at radius 1 is 0.911 bits per heavy atom. The molecule has 1 fully saturated rings. The lowest BCUT2D eigenvalue weighted by molar-refractivity contribution is -0.253. The Bertz CT molecular complexity index is 1350. The number of aliphatic hydroxyl groups excluding tert-OH is 2. The molecule has 4 rings (SSSR count). The second-order valence-electron chi connectivity index (χ2n) is 11.9. The van der Waals surface area contributed by atoms with Gasteiger partial charge in [-0.2, -0.15) is 0 Å². The summed E-state index contributed by atoms with van der Waals surface area (Å²) < 4.78 is 13.0. The minimum atomic E-state index is -0.792. The molecule has 45 heavy (non-hydrogen) atoms. The van der Waals surface area contributed by atoms with Crippen molar-refractivity contribution in [1.29, 1.82) is 0 Å². The van der Waals surface area contributed by atoms with Gasteiger partial charge in [-0.05, 0) is 55.6 Å². The zero-order chi connectivity index (χ0) is 32.2. The van der Waals surface area contributed by atoms with Gasteiger partial charge in [0.1, 0.15) is 0 Å². The van der Waals surface area contributed by atoms with Crippen LogP contribution in [0.15, 0.2) is 78.9 Å². The summed E-state index contributed by atoms with van der Waals surface area (Å²) in [6, 6.07) is 24.7. The van der Waals surface area contributed by atoms with E-state index in [0.29, 0.717) is 37.9 Å². The smallest absolute Gasteiger partial charge is 0.303 e. The molecular weight excluding hydrogens is 572 g/mol. The van der Waals surface area contributed by atoms with Gasteiger partial charge < -0.3 is 30.1 Å². The summed E-state index contributed by atoms with van der Waals surface area (Å²) in [6.45, 7) is 2.54. The van der Waals surface area contributed by atoms with Crippen LogP contribution in [0.4, 0.5) is 5.69 Å². The largest absolute Gasteiger partial charge is 0.481 e. The van der Waals surface area contributed by atoms with E-state index in [4.69, 9.17) is 14.6 Å². The van der Waals surface area contributed by atoms with E-state index in [1.807, 2.05) is 92.8 Å². The fourth-order valence-electron chi connectivity index (χ4n) is 5.59. The van der Waals surface area contributed by atoms with Crippen LogP contribution in [0, 0.1) is 0 Å². The van der Waals surface area contributed by atoms with Crippen molar-refractivity contribution in [3.8, 4) is 0 Å². The van der Waals surface area contributed by atoms with Crippen molar-refractivity contribution in [3.05, 3.63) is 101 Å². The molecule has 0 bridgehead atoms. The molecule has 5 atom stereocenters. The summed E-state index contributed by atoms with van der Waals surface area (Å²) in [5, 5.41) is 32.3. The molecule has 0 aromatic heterocycles. The number of carbonyl (C=O) groups excluding carboxylic acids is 1. The number of ether oxygens (including phenoxy) is 2. The number of hydrogen-bond acceptors (Lipinski definition) is 7. The van der Waals surface area contributed by atoms with Gasteiger partial charge >= 0.3 is 5.97 Å². The van der Waals surface area contributed by atoms with Gasteiger partial charge in [0.05, 0.1) is 24.9 Å². The van der Waals surface area contributed by atoms with E-state index >= 15 is 0 Å². The van der Waals surface area contributed by atoms with Crippen molar-refractivity contribution in [2.45, 2.75) is 89.1 Å². The zero-order valence-corrected chi connectivity index (χ0v) is 26.2. The lowest BCUT2D eigenvalue weighted by atomic mass is 9.98. The standard InChI is InChI=1S/C36H46N2O7/c1-25(35(43)28-11-6-5-7-12-28)38(2)23-31-22-32(27-19-17-26(24-39)18-20-27)45-36(44-31)29-13-10-14-30(21-29)37-33(40)15-8-3-4-9-16-34(41)42/h5-7,10-14,17-21,25,31-32,35-36,39,43H,3-4,8-9,15-16,22-24H2,1-2H3,(H,37,40)(H,41,42)/t25-,31+,32-,35-,36-/m1/s1. The van der Waals surface area contributed by atoms with E-state index in [1.165, 1.54) is 0 Å². The molecular formula is C36H46N2O7. The van der Waals surface area contributed by atoms with Crippen molar-refractivity contribution < 1.29 is 34.4 Å². The molecule has 1 saturated heterocycles. The van der Waals surface area contributed by atoms with E-state index in [2.05, 4.69) is 10.2 Å². The summed E-state index contributed by atoms with van der Waals surface area (Å²) in [5.74, 6) is -0.887. The maximum absolute atomic E-state index is 12.6. The molecule has 9 nitrogen and oxygen atoms in total. The maximum atomic E-state index is 12.6. The first-order chi connectivity index (χ1) is 21.7. The number of benzene rings is 3. The van der Waals surface area contributed by atoms with E-state index in [0.717, 1.165) is 35.1 Å². The Balaban J connectivity index is 1.43. The molecule has 1 aliphatic heterocycles. The average molecular weight is 619 g/mol. The average Bonchev–Trinajstić information content (AvgIpc) is 3.06. The van der Waals surface area contributed by atoms with Crippen LogP contribution in [0.3, 0.4) is 0 Å². The molecule has 0 aliphatic carbocycles. The van der Waals surface area contributed by atoms with Gasteiger partial charge in [0.15, 0.2) is 6.29 Å². The minimum Gasteiger partial charge on any atom is -0.481 e. The number of hydrogen-bond donors (Lipinski definition) is 4. The van der Waals surface area contributed by atoms with Crippen LogP contribution in [0.1, 0.15) is 92.6 Å². The molecule has 3 aromatic rings. The summed E-state index contributed by atoms with van der Waals surface area (Å²) in [7, 11) is 1.98. The van der Waals surface area contributed by atoms with Crippen LogP contribution < -0.4 is 5.32 Å². The van der Waals surface area contributed by atoms with E-state index < -0.39 is 18.4 Å². The van der Waals surface area contributed by atoms with Gasteiger partial charge in [0.25, 0.3) is 0 Å². The van der Waals surface area contributed by atoms with Crippen molar-refractivity contribution >= 4 is 17.6 Å². The topological polar surface area (TPSA) is 129 Å². The monoisotopic (exact) mass is 618 g/mol. The molecule has 0 radical (unpaired) electrons. The van der Waals surface area contributed by atoms with Gasteiger partial charge in [-0.1, -0.05) is 79.6 Å². The Kier molecular flexibility index (Phi) is 13.1. The number of aliphatic hydroxyl groups is 2. The highest BCUT2D eigenvalue weighted by atomic mass is 16.7. The second kappa shape index (κ2) is 17.2. The SMILES string of the molecule is C[C@H]([C@@H](O)c1ccccc1)N(C)C[C@@H]1C[C@H](c2ccc(CO)cc2)O[C@H](c2cccc(NC(=O)CCCCCCC(=O)O)c2)O1. The highest BCUT2D eigenvalue weighted by Gasteiger charge is 2.34. The van der Waals surface area contributed by atoms with Crippen molar-refractivity contribution in [3.63, 3.8) is 0 Å². The van der Waals surface area contributed by atoms with E-state index in [1.54, 1.807) is 0 Å². The van der Waals surface area contributed by atoms with Crippen LogP contribution in [0.2, 0.25) is 0 Å². The summed E-state index contributed by atoms with van der Waals surface area (Å²) in [4.78, 5) is 25.4. The van der Waals surface area contributed by atoms with Crippen LogP contribution in [0.25, 0.3) is 0 Å². The fraction of sp³-hybridized carbons (Fsp3) is 0.444. The normalized spacial score (nSPS) is 19.6. The van der Waals surface area contributed by atoms with Crippen molar-refractivity contribution in [2.75, 3.05) is 18.9 Å². The molecule has 0 unspecified atom stereocenters. The Morgan fingerprint density at radius 2 is 1.62 bits per heavy atom. The molecule has 0 spiro atoms. The van der Waals surface area contributed by atoms with Crippen LogP contribution in [-0.4, -0.2) is 57.8 Å². The van der Waals surface area contributed by atoms with Gasteiger partial charge in [-0.15, -0.1) is 0 Å². The number of nitrogens with one attached hydrogen (secondary N) is 1. The lowest BCUT2D eigenvalue weighted by Crippen LogP contribution is -2.43. The molecule has 1 aliphatic rings. The third-order valence-corrected chi connectivity index (χ3v) is 8.39. The number of aliphatic carboxylic acids is 1. The van der Waals surface area contributed by atoms with Crippen LogP contribution in [-0.2, 0) is 25.7 Å². The lowest BCUT2D eigenvalue weighted by Gasteiger charge is -2.39. The second-order valence-corrected chi connectivity index (χ2v) is 11.9. The predicted molar refractivity (Wildman–Crippen MR) is 172 cm³/mol. The molecule has 0 saturated carbocycles. The number of likely N-dealkylation sites (N-methyl/N-ethyl adjacent to an activating group) is 1. The number of carboxylic acid groups (broad SMARTS) is 1. The molecule has 1 heterocycles. The Morgan fingerprint density at radius 3 is 2.31 bits per heavy atom. The number of rotatable bonds is 16. The number of carbonyl (C=O) groups is 2. The molecule has 3 aromatic carbocycles. The van der Waals surface area contributed by atoms with E-state index in [9.17, 15) is 19.8 Å². The summed E-state index contributed by atoms with van der Waals surface area (Å²) >= 11 is 0. The third kappa shape index (κ3) is 10.5. The Labute approximate surface area is 265 Å². The first-order valence-electron chi connectivity index (χ1n) is 15.8. The maximum Gasteiger partial charge on any atom is 0.303 e. The first kappa shape index (κ1) is 34.3. The summed E-state index contributed by atoms with van der Waals surface area (Å²) in [5.41, 5.74) is 4.10. The molecule has 4 N–H and O–H groups in total. The zero-order valence-electron chi connectivity index (χ0n) is 26.2. The third-order valence-electron chi connectivity index (χ3n) is 8.39. The van der Waals surface area contributed by atoms with Crippen molar-refractivity contribution in [2.24, 2.45) is 0 Å². The van der Waals surface area contributed by atoms with Crippen LogP contribution >= 0.6 is 0 Å². The highest BCUT2D eigenvalue weighted by molar-refractivity contribution is 5.90. The molecule has 242 valence electrons. The van der Waals surface area contributed by atoms with Gasteiger partial charge in [-0.25, -0.2) is 0 Å². The number of nitrogens with zero attached hydrogens (tertiary/aromatic N) is 1.